The van der Waals surface area contributed by atoms with E-state index in [-0.39, 0.29) is 11.6 Å². The van der Waals surface area contributed by atoms with Crippen LogP contribution in [-0.4, -0.2) is 16.1 Å². The lowest BCUT2D eigenvalue weighted by Crippen LogP contribution is -2.32. The summed E-state index contributed by atoms with van der Waals surface area (Å²) in [5, 5.41) is 9.61. The Labute approximate surface area is 170 Å². The van der Waals surface area contributed by atoms with E-state index >= 15 is 0 Å². The monoisotopic (exact) mass is 481 g/mol. The SMILES string of the molecule is O=C(O)N(Cc1cc(C(F)(F)F)cc(C(F)(F)F)c1)C1CCc2cc(Br)ccc21. The van der Waals surface area contributed by atoms with Gasteiger partial charge in [-0.25, -0.2) is 4.79 Å². The van der Waals surface area contributed by atoms with E-state index < -0.39 is 42.2 Å². The molecule has 156 valence electrons. The van der Waals surface area contributed by atoms with Crippen molar-refractivity contribution in [2.24, 2.45) is 0 Å². The molecule has 0 fully saturated rings. The number of rotatable bonds is 3. The van der Waals surface area contributed by atoms with Crippen molar-refractivity contribution in [3.63, 3.8) is 0 Å². The normalized spacial score (nSPS) is 16.6. The molecule has 2 aromatic carbocycles. The van der Waals surface area contributed by atoms with Gasteiger partial charge in [-0.1, -0.05) is 22.0 Å². The van der Waals surface area contributed by atoms with Crippen molar-refractivity contribution in [2.45, 2.75) is 37.8 Å². The van der Waals surface area contributed by atoms with Gasteiger partial charge in [0.15, 0.2) is 0 Å². The summed E-state index contributed by atoms with van der Waals surface area (Å²) < 4.78 is 79.2. The second-order valence-electron chi connectivity index (χ2n) is 6.72. The molecule has 0 heterocycles. The first-order valence-electron chi connectivity index (χ1n) is 8.42. The first-order valence-corrected chi connectivity index (χ1v) is 9.22. The molecule has 0 radical (unpaired) electrons. The van der Waals surface area contributed by atoms with Crippen LogP contribution in [0.15, 0.2) is 40.9 Å². The van der Waals surface area contributed by atoms with Crippen LogP contribution in [0.3, 0.4) is 0 Å². The largest absolute Gasteiger partial charge is 0.465 e. The maximum Gasteiger partial charge on any atom is 0.416 e. The number of hydrogen-bond acceptors (Lipinski definition) is 1. The van der Waals surface area contributed by atoms with Gasteiger partial charge < -0.3 is 5.11 Å². The molecule has 0 saturated heterocycles. The summed E-state index contributed by atoms with van der Waals surface area (Å²) >= 11 is 3.31. The number of carbonyl (C=O) groups is 1. The molecule has 0 spiro atoms. The number of halogens is 7. The zero-order valence-corrected chi connectivity index (χ0v) is 16.2. The minimum absolute atomic E-state index is 0.0248. The molecule has 0 bridgehead atoms. The minimum atomic E-state index is -4.99. The summed E-state index contributed by atoms with van der Waals surface area (Å²) in [6.45, 7) is -0.595. The van der Waals surface area contributed by atoms with E-state index in [2.05, 4.69) is 15.9 Å². The molecule has 29 heavy (non-hydrogen) atoms. The lowest BCUT2D eigenvalue weighted by molar-refractivity contribution is -0.143. The van der Waals surface area contributed by atoms with Crippen LogP contribution in [0, 0.1) is 0 Å². The summed E-state index contributed by atoms with van der Waals surface area (Å²) in [6, 6.07) is 5.73. The van der Waals surface area contributed by atoms with Crippen molar-refractivity contribution in [2.75, 3.05) is 0 Å². The van der Waals surface area contributed by atoms with Crippen LogP contribution in [0.2, 0.25) is 0 Å². The van der Waals surface area contributed by atoms with Crippen molar-refractivity contribution in [3.05, 3.63) is 68.7 Å². The molecule has 10 heteroatoms. The quantitative estimate of drug-likeness (QED) is 0.498. The topological polar surface area (TPSA) is 40.5 Å². The van der Waals surface area contributed by atoms with Crippen LogP contribution < -0.4 is 0 Å². The second kappa shape index (κ2) is 7.55. The third-order valence-corrected chi connectivity index (χ3v) is 5.27. The van der Waals surface area contributed by atoms with Crippen LogP contribution in [0.4, 0.5) is 31.1 Å². The van der Waals surface area contributed by atoms with Gasteiger partial charge in [-0.2, -0.15) is 26.3 Å². The van der Waals surface area contributed by atoms with Crippen LogP contribution in [0.25, 0.3) is 0 Å². The predicted octanol–water partition coefficient (Wildman–Crippen LogP) is 6.65. The van der Waals surface area contributed by atoms with Gasteiger partial charge >= 0.3 is 18.4 Å². The number of carboxylic acid groups (broad SMARTS) is 1. The summed E-state index contributed by atoms with van der Waals surface area (Å²) in [5.41, 5.74) is -1.73. The highest BCUT2D eigenvalue weighted by atomic mass is 79.9. The smallest absolute Gasteiger partial charge is 0.416 e. The molecule has 0 aromatic heterocycles. The number of amides is 1. The van der Waals surface area contributed by atoms with Crippen molar-refractivity contribution in [3.8, 4) is 0 Å². The van der Waals surface area contributed by atoms with Gasteiger partial charge in [0.2, 0.25) is 0 Å². The number of hydrogen-bond donors (Lipinski definition) is 1. The van der Waals surface area contributed by atoms with E-state index in [1.54, 1.807) is 12.1 Å². The van der Waals surface area contributed by atoms with Gasteiger partial charge in [-0.3, -0.25) is 4.90 Å². The zero-order valence-electron chi connectivity index (χ0n) is 14.6. The molecule has 1 atom stereocenters. The number of nitrogens with zero attached hydrogens (tertiary/aromatic N) is 1. The third-order valence-electron chi connectivity index (χ3n) is 4.77. The fraction of sp³-hybridized carbons (Fsp3) is 0.316. The highest BCUT2D eigenvalue weighted by Gasteiger charge is 2.38. The molecular weight excluding hydrogens is 468 g/mol. The molecule has 0 saturated carbocycles. The van der Waals surface area contributed by atoms with E-state index in [9.17, 15) is 36.2 Å². The predicted molar refractivity (Wildman–Crippen MR) is 95.2 cm³/mol. The molecule has 1 N–H and O–H groups in total. The van der Waals surface area contributed by atoms with Crippen LogP contribution >= 0.6 is 15.9 Å². The van der Waals surface area contributed by atoms with Gasteiger partial charge in [0.1, 0.15) is 0 Å². The summed E-state index contributed by atoms with van der Waals surface area (Å²) in [6.07, 6.45) is -10.5. The minimum Gasteiger partial charge on any atom is -0.465 e. The van der Waals surface area contributed by atoms with Gasteiger partial charge in [-0.05, 0) is 59.9 Å². The Morgan fingerprint density at radius 3 is 2.14 bits per heavy atom. The van der Waals surface area contributed by atoms with Crippen molar-refractivity contribution in [1.82, 2.24) is 4.90 Å². The Bertz CT molecular complexity index is 909. The molecule has 1 aliphatic rings. The lowest BCUT2D eigenvalue weighted by atomic mass is 10.0. The molecule has 1 amide bonds. The standard InChI is InChI=1S/C19H14BrF6NO2/c20-14-2-3-15-11(7-14)1-4-16(15)27(17(28)29)9-10-5-12(18(21,22)23)8-13(6-10)19(24,25)26/h2-3,5-8,16H,1,4,9H2,(H,28,29). The highest BCUT2D eigenvalue weighted by molar-refractivity contribution is 9.10. The fourth-order valence-corrected chi connectivity index (χ4v) is 3.91. The van der Waals surface area contributed by atoms with Gasteiger partial charge in [0, 0.05) is 11.0 Å². The van der Waals surface area contributed by atoms with Crippen LogP contribution in [0.1, 0.15) is 40.3 Å². The van der Waals surface area contributed by atoms with Gasteiger partial charge in [-0.15, -0.1) is 0 Å². The lowest BCUT2D eigenvalue weighted by Gasteiger charge is -2.27. The van der Waals surface area contributed by atoms with Crippen LogP contribution in [-0.2, 0) is 25.3 Å². The first-order chi connectivity index (χ1) is 13.4. The van der Waals surface area contributed by atoms with Crippen molar-refractivity contribution >= 4 is 22.0 Å². The number of aryl methyl sites for hydroxylation is 1. The first kappa shape index (κ1) is 21.5. The maximum absolute atomic E-state index is 13.1. The fourth-order valence-electron chi connectivity index (χ4n) is 3.51. The van der Waals surface area contributed by atoms with Crippen LogP contribution in [0.5, 0.6) is 0 Å². The summed E-state index contributed by atoms with van der Waals surface area (Å²) in [4.78, 5) is 12.7. The molecule has 3 nitrogen and oxygen atoms in total. The molecule has 0 aliphatic heterocycles. The Morgan fingerprint density at radius 1 is 1.03 bits per heavy atom. The van der Waals surface area contributed by atoms with E-state index in [4.69, 9.17) is 0 Å². The van der Waals surface area contributed by atoms with E-state index in [1.807, 2.05) is 6.07 Å². The number of fused-ring (bicyclic) bond motifs is 1. The van der Waals surface area contributed by atoms with E-state index in [0.717, 1.165) is 14.9 Å². The molecular formula is C19H14BrF6NO2. The molecule has 3 rings (SSSR count). The number of alkyl halides is 6. The van der Waals surface area contributed by atoms with Gasteiger partial charge in [0.05, 0.1) is 17.2 Å². The zero-order chi connectivity index (χ0) is 21.6. The van der Waals surface area contributed by atoms with Crippen molar-refractivity contribution in [1.29, 1.82) is 0 Å². The Kier molecular flexibility index (Phi) is 5.59. The van der Waals surface area contributed by atoms with E-state index in [1.165, 1.54) is 0 Å². The Morgan fingerprint density at radius 2 is 1.62 bits per heavy atom. The maximum atomic E-state index is 13.1. The number of benzene rings is 2. The molecule has 1 unspecified atom stereocenters. The average molecular weight is 482 g/mol. The summed E-state index contributed by atoms with van der Waals surface area (Å²) in [7, 11) is 0. The Balaban J connectivity index is 1.99. The van der Waals surface area contributed by atoms with E-state index in [0.29, 0.717) is 30.5 Å². The van der Waals surface area contributed by atoms with Crippen molar-refractivity contribution < 1.29 is 36.2 Å². The van der Waals surface area contributed by atoms with Gasteiger partial charge in [0.25, 0.3) is 0 Å². The third kappa shape index (κ3) is 4.68. The summed E-state index contributed by atoms with van der Waals surface area (Å²) in [5.74, 6) is 0. The Hall–Kier alpha value is -2.23. The molecule has 1 aliphatic carbocycles. The molecule has 2 aromatic rings. The average Bonchev–Trinajstić information content (AvgIpc) is 3.00. The second-order valence-corrected chi connectivity index (χ2v) is 7.64. The highest BCUT2D eigenvalue weighted by Crippen LogP contribution is 2.40.